The molecule has 21 heavy (non-hydrogen) atoms. The van der Waals surface area contributed by atoms with E-state index in [4.69, 9.17) is 9.47 Å². The Hall–Kier alpha value is -1.97. The number of hydrogen-bond donors (Lipinski definition) is 0. The zero-order chi connectivity index (χ0) is 14.8. The van der Waals surface area contributed by atoms with Crippen LogP contribution in [0.1, 0.15) is 36.0 Å². The lowest BCUT2D eigenvalue weighted by Crippen LogP contribution is -2.36. The van der Waals surface area contributed by atoms with Gasteiger partial charge in [-0.05, 0) is 37.8 Å². The predicted molar refractivity (Wildman–Crippen MR) is 80.9 cm³/mol. The molecule has 1 aromatic rings. The molecule has 2 fully saturated rings. The Morgan fingerprint density at radius 1 is 0.905 bits per heavy atom. The van der Waals surface area contributed by atoms with E-state index in [1.165, 1.54) is 12.8 Å². The van der Waals surface area contributed by atoms with Crippen molar-refractivity contribution in [2.75, 3.05) is 27.3 Å². The quantitative estimate of drug-likeness (QED) is 0.802. The van der Waals surface area contributed by atoms with E-state index in [9.17, 15) is 4.79 Å². The minimum absolute atomic E-state index is 0.0621. The third-order valence-electron chi connectivity index (χ3n) is 4.25. The number of likely N-dealkylation sites (tertiary alicyclic amines) is 1. The first-order chi connectivity index (χ1) is 10.2. The molecule has 0 bridgehead atoms. The van der Waals surface area contributed by atoms with Crippen molar-refractivity contribution in [1.82, 2.24) is 4.90 Å². The molecule has 0 radical (unpaired) electrons. The van der Waals surface area contributed by atoms with Crippen LogP contribution < -0.4 is 9.47 Å². The Morgan fingerprint density at radius 3 is 1.90 bits per heavy atom. The molecule has 3 rings (SSSR count). The fourth-order valence-corrected chi connectivity index (χ4v) is 2.86. The van der Waals surface area contributed by atoms with Gasteiger partial charge in [-0.2, -0.15) is 0 Å². The van der Waals surface area contributed by atoms with Crippen molar-refractivity contribution in [3.8, 4) is 11.5 Å². The molecule has 4 nitrogen and oxygen atoms in total. The van der Waals surface area contributed by atoms with Gasteiger partial charge in [0.25, 0.3) is 5.91 Å². The summed E-state index contributed by atoms with van der Waals surface area (Å²) in [5, 5.41) is 0. The highest BCUT2D eigenvalue weighted by Gasteiger charge is 2.25. The van der Waals surface area contributed by atoms with E-state index in [0.717, 1.165) is 25.9 Å². The molecule has 112 valence electrons. The number of methoxy groups -OCH3 is 2. The van der Waals surface area contributed by atoms with Gasteiger partial charge in [0.05, 0.1) is 14.2 Å². The van der Waals surface area contributed by atoms with Gasteiger partial charge in [0, 0.05) is 24.7 Å². The first kappa shape index (κ1) is 14.0. The van der Waals surface area contributed by atoms with Gasteiger partial charge in [-0.3, -0.25) is 4.79 Å². The number of allylic oxidation sites excluding steroid dienone is 1. The number of hydrogen-bond acceptors (Lipinski definition) is 3. The van der Waals surface area contributed by atoms with Crippen LogP contribution in [0.4, 0.5) is 0 Å². The molecule has 0 N–H and O–H groups in total. The van der Waals surface area contributed by atoms with E-state index in [1.807, 2.05) is 4.90 Å². The van der Waals surface area contributed by atoms with Gasteiger partial charge >= 0.3 is 0 Å². The molecule has 1 aliphatic heterocycles. The predicted octanol–water partition coefficient (Wildman–Crippen LogP) is 3.03. The van der Waals surface area contributed by atoms with Gasteiger partial charge in [0.1, 0.15) is 11.5 Å². The Balaban J connectivity index is 1.74. The maximum Gasteiger partial charge on any atom is 0.254 e. The third kappa shape index (κ3) is 3.04. The van der Waals surface area contributed by atoms with E-state index in [-0.39, 0.29) is 5.91 Å². The van der Waals surface area contributed by atoms with Crippen LogP contribution in [-0.4, -0.2) is 38.1 Å². The van der Waals surface area contributed by atoms with Crippen LogP contribution in [0.5, 0.6) is 11.5 Å². The SMILES string of the molecule is COc1cc(OC)cc(C(=O)N2CCC(=C3CC3)CC2)c1. The molecule has 2 aliphatic rings. The Morgan fingerprint density at radius 2 is 1.43 bits per heavy atom. The molecular formula is C17H21NO3. The molecular weight excluding hydrogens is 266 g/mol. The second-order valence-corrected chi connectivity index (χ2v) is 5.60. The third-order valence-corrected chi connectivity index (χ3v) is 4.25. The smallest absolute Gasteiger partial charge is 0.254 e. The molecule has 0 aromatic heterocycles. The van der Waals surface area contributed by atoms with E-state index in [0.29, 0.717) is 17.1 Å². The van der Waals surface area contributed by atoms with Crippen molar-refractivity contribution < 1.29 is 14.3 Å². The lowest BCUT2D eigenvalue weighted by molar-refractivity contribution is 0.0742. The molecule has 1 amide bonds. The normalized spacial score (nSPS) is 17.7. The first-order valence-corrected chi connectivity index (χ1v) is 7.43. The maximum absolute atomic E-state index is 12.6. The topological polar surface area (TPSA) is 38.8 Å². The number of rotatable bonds is 3. The first-order valence-electron chi connectivity index (χ1n) is 7.43. The van der Waals surface area contributed by atoms with Crippen LogP contribution in [0.3, 0.4) is 0 Å². The van der Waals surface area contributed by atoms with Gasteiger partial charge in [0.2, 0.25) is 0 Å². The van der Waals surface area contributed by atoms with Crippen LogP contribution in [0.15, 0.2) is 29.3 Å². The number of carbonyl (C=O) groups excluding carboxylic acids is 1. The second-order valence-electron chi connectivity index (χ2n) is 5.60. The van der Waals surface area contributed by atoms with Crippen LogP contribution in [0.2, 0.25) is 0 Å². The molecule has 0 atom stereocenters. The van der Waals surface area contributed by atoms with Crippen molar-refractivity contribution in [3.05, 3.63) is 34.9 Å². The summed E-state index contributed by atoms with van der Waals surface area (Å²) < 4.78 is 10.5. The van der Waals surface area contributed by atoms with Crippen molar-refractivity contribution in [3.63, 3.8) is 0 Å². The summed E-state index contributed by atoms with van der Waals surface area (Å²) in [7, 11) is 3.19. The lowest BCUT2D eigenvalue weighted by atomic mass is 10.0. The fraction of sp³-hybridized carbons (Fsp3) is 0.471. The molecule has 1 aromatic carbocycles. The lowest BCUT2D eigenvalue weighted by Gasteiger charge is -2.29. The summed E-state index contributed by atoms with van der Waals surface area (Å²) in [6.07, 6.45) is 4.61. The number of carbonyl (C=O) groups is 1. The van der Waals surface area contributed by atoms with Crippen molar-refractivity contribution in [1.29, 1.82) is 0 Å². The highest BCUT2D eigenvalue weighted by Crippen LogP contribution is 2.36. The molecule has 1 heterocycles. The van der Waals surface area contributed by atoms with Crippen molar-refractivity contribution >= 4 is 5.91 Å². The number of benzene rings is 1. The average molecular weight is 287 g/mol. The highest BCUT2D eigenvalue weighted by molar-refractivity contribution is 5.95. The Kier molecular flexibility index (Phi) is 3.86. The summed E-state index contributed by atoms with van der Waals surface area (Å²) in [5.74, 6) is 1.36. The van der Waals surface area contributed by atoms with E-state index < -0.39 is 0 Å². The van der Waals surface area contributed by atoms with Gasteiger partial charge in [-0.1, -0.05) is 11.1 Å². The minimum atomic E-state index is 0.0621. The summed E-state index contributed by atoms with van der Waals surface area (Å²) in [5.41, 5.74) is 3.85. The molecule has 4 heteroatoms. The maximum atomic E-state index is 12.6. The zero-order valence-corrected chi connectivity index (χ0v) is 12.6. The van der Waals surface area contributed by atoms with Crippen LogP contribution in [0.25, 0.3) is 0 Å². The largest absolute Gasteiger partial charge is 0.497 e. The van der Waals surface area contributed by atoms with E-state index in [2.05, 4.69) is 0 Å². The van der Waals surface area contributed by atoms with Gasteiger partial charge < -0.3 is 14.4 Å². The second kappa shape index (κ2) is 5.80. The Labute approximate surface area is 125 Å². The fourth-order valence-electron chi connectivity index (χ4n) is 2.86. The average Bonchev–Trinajstić information content (AvgIpc) is 3.38. The van der Waals surface area contributed by atoms with Gasteiger partial charge in [0.15, 0.2) is 0 Å². The van der Waals surface area contributed by atoms with E-state index >= 15 is 0 Å². The number of ether oxygens (including phenoxy) is 2. The van der Waals surface area contributed by atoms with Crippen molar-refractivity contribution in [2.24, 2.45) is 0 Å². The Bertz CT molecular complexity index is 553. The standard InChI is InChI=1S/C17H21NO3/c1-20-15-9-14(10-16(11-15)21-2)17(19)18-7-5-13(6-8-18)12-3-4-12/h9-11H,3-8H2,1-2H3. The minimum Gasteiger partial charge on any atom is -0.497 e. The molecule has 1 saturated carbocycles. The monoisotopic (exact) mass is 287 g/mol. The van der Waals surface area contributed by atoms with Crippen molar-refractivity contribution in [2.45, 2.75) is 25.7 Å². The molecule has 0 spiro atoms. The number of piperidine rings is 1. The molecule has 1 aliphatic carbocycles. The van der Waals surface area contributed by atoms with Crippen LogP contribution in [0, 0.1) is 0 Å². The number of amides is 1. The number of nitrogens with zero attached hydrogens (tertiary/aromatic N) is 1. The summed E-state index contributed by atoms with van der Waals surface area (Å²) >= 11 is 0. The molecule has 1 saturated heterocycles. The summed E-state index contributed by atoms with van der Waals surface area (Å²) in [4.78, 5) is 14.6. The highest BCUT2D eigenvalue weighted by atomic mass is 16.5. The summed E-state index contributed by atoms with van der Waals surface area (Å²) in [6.45, 7) is 1.63. The van der Waals surface area contributed by atoms with Gasteiger partial charge in [-0.15, -0.1) is 0 Å². The van der Waals surface area contributed by atoms with Crippen LogP contribution >= 0.6 is 0 Å². The van der Waals surface area contributed by atoms with E-state index in [1.54, 1.807) is 43.6 Å². The van der Waals surface area contributed by atoms with Gasteiger partial charge in [-0.25, -0.2) is 0 Å². The molecule has 0 unspecified atom stereocenters. The summed E-state index contributed by atoms with van der Waals surface area (Å²) in [6, 6.07) is 5.34. The van der Waals surface area contributed by atoms with Crippen LogP contribution in [-0.2, 0) is 0 Å². The zero-order valence-electron chi connectivity index (χ0n) is 12.6.